The SMILES string of the molecule is CC(N[S+]([O-])C(C)(C)C)c1ccc2c(c1)CCN2C(=O)c1cccc(Cl)c1. The number of fused-ring (bicyclic) bond motifs is 1. The Morgan fingerprint density at radius 2 is 2.00 bits per heavy atom. The maximum atomic E-state index is 12.9. The Morgan fingerprint density at radius 3 is 2.67 bits per heavy atom. The summed E-state index contributed by atoms with van der Waals surface area (Å²) in [6.45, 7) is 8.51. The van der Waals surface area contributed by atoms with Crippen LogP contribution in [0.2, 0.25) is 5.02 Å². The van der Waals surface area contributed by atoms with Crippen molar-refractivity contribution in [2.45, 2.75) is 44.9 Å². The van der Waals surface area contributed by atoms with Crippen molar-refractivity contribution in [2.24, 2.45) is 0 Å². The molecule has 1 amide bonds. The number of hydrogen-bond acceptors (Lipinski definition) is 3. The first-order valence-electron chi connectivity index (χ1n) is 9.05. The van der Waals surface area contributed by atoms with E-state index in [2.05, 4.69) is 10.8 Å². The van der Waals surface area contributed by atoms with Gasteiger partial charge in [0.2, 0.25) is 0 Å². The lowest BCUT2D eigenvalue weighted by Crippen LogP contribution is -2.40. The molecule has 0 aromatic heterocycles. The molecular formula is C21H25ClN2O2S. The average molecular weight is 405 g/mol. The van der Waals surface area contributed by atoms with Crippen LogP contribution in [0.15, 0.2) is 42.5 Å². The molecule has 0 spiro atoms. The molecule has 0 saturated heterocycles. The summed E-state index contributed by atoms with van der Waals surface area (Å²) in [5.74, 6) is -0.0380. The van der Waals surface area contributed by atoms with Crippen molar-refractivity contribution in [1.82, 2.24) is 4.72 Å². The summed E-state index contributed by atoms with van der Waals surface area (Å²) in [6.07, 6.45) is 0.810. The Balaban J connectivity index is 1.78. The molecule has 2 unspecified atom stereocenters. The highest BCUT2D eigenvalue weighted by atomic mass is 35.5. The number of amides is 1. The van der Waals surface area contributed by atoms with Gasteiger partial charge in [-0.1, -0.05) is 29.8 Å². The summed E-state index contributed by atoms with van der Waals surface area (Å²) in [5.41, 5.74) is 3.74. The van der Waals surface area contributed by atoms with E-state index >= 15 is 0 Å². The molecule has 1 heterocycles. The van der Waals surface area contributed by atoms with Crippen LogP contribution in [0.4, 0.5) is 5.69 Å². The third-order valence-electron chi connectivity index (χ3n) is 4.66. The van der Waals surface area contributed by atoms with Crippen LogP contribution >= 0.6 is 11.6 Å². The highest BCUT2D eigenvalue weighted by Crippen LogP contribution is 2.32. The molecule has 1 aliphatic heterocycles. The highest BCUT2D eigenvalue weighted by Gasteiger charge is 2.30. The number of nitrogens with zero attached hydrogens (tertiary/aromatic N) is 1. The van der Waals surface area contributed by atoms with Gasteiger partial charge in [0.25, 0.3) is 5.91 Å². The minimum atomic E-state index is -1.13. The van der Waals surface area contributed by atoms with Gasteiger partial charge in [-0.2, -0.15) is 0 Å². The molecule has 1 N–H and O–H groups in total. The number of hydrogen-bond donors (Lipinski definition) is 1. The summed E-state index contributed by atoms with van der Waals surface area (Å²) in [4.78, 5) is 14.7. The van der Waals surface area contributed by atoms with Crippen LogP contribution in [0.25, 0.3) is 0 Å². The van der Waals surface area contributed by atoms with Crippen LogP contribution in [0.3, 0.4) is 0 Å². The number of carbonyl (C=O) groups excluding carboxylic acids is 1. The first-order valence-corrected chi connectivity index (χ1v) is 10.6. The fraction of sp³-hybridized carbons (Fsp3) is 0.381. The van der Waals surface area contributed by atoms with Crippen molar-refractivity contribution in [3.05, 3.63) is 64.2 Å². The van der Waals surface area contributed by atoms with Crippen LogP contribution in [-0.4, -0.2) is 21.8 Å². The van der Waals surface area contributed by atoms with Crippen LogP contribution in [0.5, 0.6) is 0 Å². The minimum Gasteiger partial charge on any atom is -0.598 e. The van der Waals surface area contributed by atoms with Gasteiger partial charge in [0, 0.05) is 34.2 Å². The van der Waals surface area contributed by atoms with E-state index in [0.717, 1.165) is 23.2 Å². The molecule has 2 aromatic carbocycles. The number of nitrogens with one attached hydrogen (secondary N) is 1. The second kappa shape index (κ2) is 7.84. The van der Waals surface area contributed by atoms with E-state index in [1.54, 1.807) is 29.2 Å². The van der Waals surface area contributed by atoms with Crippen LogP contribution < -0.4 is 9.62 Å². The lowest BCUT2D eigenvalue weighted by atomic mass is 10.0. The lowest BCUT2D eigenvalue weighted by molar-refractivity contribution is 0.0989. The molecule has 3 rings (SSSR count). The number of rotatable bonds is 4. The predicted octanol–water partition coefficient (Wildman–Crippen LogP) is 4.66. The zero-order valence-corrected chi connectivity index (χ0v) is 17.7. The molecule has 2 aromatic rings. The van der Waals surface area contributed by atoms with Gasteiger partial charge in [0.1, 0.15) is 4.75 Å². The average Bonchev–Trinajstić information content (AvgIpc) is 3.03. The third kappa shape index (κ3) is 4.49. The van der Waals surface area contributed by atoms with Crippen LogP contribution in [0, 0.1) is 0 Å². The monoisotopic (exact) mass is 404 g/mol. The Bertz CT molecular complexity index is 850. The minimum absolute atomic E-state index is 0.0342. The van der Waals surface area contributed by atoms with Crippen LogP contribution in [-0.2, 0) is 17.8 Å². The van der Waals surface area contributed by atoms with E-state index in [-0.39, 0.29) is 16.7 Å². The van der Waals surface area contributed by atoms with Gasteiger partial charge in [-0.15, -0.1) is 4.72 Å². The van der Waals surface area contributed by atoms with E-state index in [9.17, 15) is 9.35 Å². The predicted molar refractivity (Wildman–Crippen MR) is 113 cm³/mol. The summed E-state index contributed by atoms with van der Waals surface area (Å²) >= 11 is 4.89. The molecule has 0 fully saturated rings. The fourth-order valence-electron chi connectivity index (χ4n) is 3.08. The molecular weight excluding hydrogens is 380 g/mol. The van der Waals surface area contributed by atoms with Crippen molar-refractivity contribution < 1.29 is 9.35 Å². The number of carbonyl (C=O) groups is 1. The van der Waals surface area contributed by atoms with E-state index in [0.29, 0.717) is 17.1 Å². The quantitative estimate of drug-likeness (QED) is 0.754. The molecule has 0 saturated carbocycles. The maximum absolute atomic E-state index is 12.9. The van der Waals surface area contributed by atoms with Crippen molar-refractivity contribution in [3.8, 4) is 0 Å². The molecule has 0 aliphatic carbocycles. The largest absolute Gasteiger partial charge is 0.598 e. The van der Waals surface area contributed by atoms with Gasteiger partial charge in [0.15, 0.2) is 0 Å². The van der Waals surface area contributed by atoms with Gasteiger partial charge < -0.3 is 9.45 Å². The molecule has 0 bridgehead atoms. The van der Waals surface area contributed by atoms with Crippen molar-refractivity contribution >= 4 is 34.6 Å². The molecule has 0 radical (unpaired) electrons. The normalized spacial score (nSPS) is 16.1. The Kier molecular flexibility index (Phi) is 5.87. The second-order valence-corrected chi connectivity index (χ2v) is 10.3. The van der Waals surface area contributed by atoms with E-state index < -0.39 is 11.4 Å². The summed E-state index contributed by atoms with van der Waals surface area (Å²) in [7, 11) is 0. The standard InChI is InChI=1S/C21H25ClN2O2S/c1-14(23-27(26)21(2,3)4)15-8-9-19-16(12-15)10-11-24(19)20(25)17-6-5-7-18(22)13-17/h5-9,12-14,23H,10-11H2,1-4H3. The molecule has 27 heavy (non-hydrogen) atoms. The second-order valence-electron chi connectivity index (χ2n) is 7.83. The number of halogens is 1. The van der Waals surface area contributed by atoms with Crippen molar-refractivity contribution in [1.29, 1.82) is 0 Å². The fourth-order valence-corrected chi connectivity index (χ4v) is 4.09. The smallest absolute Gasteiger partial charge is 0.258 e. The van der Waals surface area contributed by atoms with Gasteiger partial charge in [-0.3, -0.25) is 4.79 Å². The topological polar surface area (TPSA) is 55.4 Å². The Hall–Kier alpha value is -1.53. The van der Waals surface area contributed by atoms with Gasteiger partial charge in [0.05, 0.1) is 6.04 Å². The zero-order valence-electron chi connectivity index (χ0n) is 16.1. The zero-order chi connectivity index (χ0) is 19.8. The van der Waals surface area contributed by atoms with Gasteiger partial charge in [-0.25, -0.2) is 0 Å². The number of benzene rings is 2. The summed E-state index contributed by atoms with van der Waals surface area (Å²) < 4.78 is 15.2. The lowest BCUT2D eigenvalue weighted by Gasteiger charge is -2.27. The van der Waals surface area contributed by atoms with E-state index in [1.165, 1.54) is 0 Å². The maximum Gasteiger partial charge on any atom is 0.258 e. The first-order chi connectivity index (χ1) is 12.7. The molecule has 144 valence electrons. The Morgan fingerprint density at radius 1 is 1.26 bits per heavy atom. The Labute approximate surface area is 169 Å². The third-order valence-corrected chi connectivity index (χ3v) is 6.57. The molecule has 1 aliphatic rings. The number of anilines is 1. The summed E-state index contributed by atoms with van der Waals surface area (Å²) in [5, 5.41) is 0.558. The van der Waals surface area contributed by atoms with Crippen molar-refractivity contribution in [3.63, 3.8) is 0 Å². The van der Waals surface area contributed by atoms with Crippen LogP contribution in [0.1, 0.15) is 55.2 Å². The summed E-state index contributed by atoms with van der Waals surface area (Å²) in [6, 6.07) is 13.1. The van der Waals surface area contributed by atoms with Gasteiger partial charge >= 0.3 is 0 Å². The molecule has 6 heteroatoms. The van der Waals surface area contributed by atoms with E-state index in [4.69, 9.17) is 11.6 Å². The highest BCUT2D eigenvalue weighted by molar-refractivity contribution is 7.90. The molecule has 4 nitrogen and oxygen atoms in total. The van der Waals surface area contributed by atoms with Gasteiger partial charge in [-0.05, 0) is 69.5 Å². The van der Waals surface area contributed by atoms with Crippen molar-refractivity contribution in [2.75, 3.05) is 11.4 Å². The first kappa shape index (κ1) is 20.2. The van der Waals surface area contributed by atoms with E-state index in [1.807, 2.05) is 39.8 Å². The molecule has 2 atom stereocenters.